The van der Waals surface area contributed by atoms with E-state index in [0.29, 0.717) is 11.5 Å². The minimum atomic E-state index is 0.0475. The van der Waals surface area contributed by atoms with Crippen molar-refractivity contribution in [2.75, 3.05) is 46.4 Å². The fraction of sp³-hybridized carbons (Fsp3) is 0.636. The van der Waals surface area contributed by atoms with Crippen LogP contribution in [0.3, 0.4) is 0 Å². The maximum absolute atomic E-state index is 12.9. The molecule has 0 spiro atoms. The number of ether oxygens (including phenoxy) is 1. The van der Waals surface area contributed by atoms with E-state index in [1.54, 1.807) is 0 Å². The van der Waals surface area contributed by atoms with Crippen molar-refractivity contribution in [2.45, 2.75) is 39.5 Å². The largest absolute Gasteiger partial charge is 0.483 e. The Kier molecular flexibility index (Phi) is 6.94. The molecule has 2 fully saturated rings. The number of carbonyl (C=O) groups is 2. The van der Waals surface area contributed by atoms with Crippen molar-refractivity contribution in [1.82, 2.24) is 15.1 Å². The van der Waals surface area contributed by atoms with Crippen LogP contribution < -0.4 is 10.1 Å². The molecule has 0 aliphatic carbocycles. The molecule has 1 unspecified atom stereocenters. The van der Waals surface area contributed by atoms with E-state index in [0.717, 1.165) is 68.9 Å². The third kappa shape index (κ3) is 4.85. The van der Waals surface area contributed by atoms with E-state index in [9.17, 15) is 9.59 Å². The molecule has 154 valence electrons. The van der Waals surface area contributed by atoms with E-state index in [1.807, 2.05) is 42.8 Å². The van der Waals surface area contributed by atoms with Gasteiger partial charge in [0.25, 0.3) is 11.8 Å². The zero-order chi connectivity index (χ0) is 20.1. The summed E-state index contributed by atoms with van der Waals surface area (Å²) in [5.41, 5.74) is 2.51. The second kappa shape index (κ2) is 9.41. The summed E-state index contributed by atoms with van der Waals surface area (Å²) in [5, 5.41) is 3.20. The highest BCUT2D eigenvalue weighted by molar-refractivity contribution is 5.95. The summed E-state index contributed by atoms with van der Waals surface area (Å²) < 4.78 is 5.87. The molecular weight excluding hydrogens is 354 g/mol. The maximum atomic E-state index is 12.9. The molecule has 1 N–H and O–H groups in total. The fourth-order valence-corrected chi connectivity index (χ4v) is 4.32. The van der Waals surface area contributed by atoms with Gasteiger partial charge in [-0.3, -0.25) is 9.59 Å². The lowest BCUT2D eigenvalue weighted by atomic mass is 10.0. The molecule has 2 amide bonds. The summed E-state index contributed by atoms with van der Waals surface area (Å²) in [5.74, 6) is 1.38. The summed E-state index contributed by atoms with van der Waals surface area (Å²) in [6, 6.07) is 3.78. The highest BCUT2D eigenvalue weighted by Gasteiger charge is 2.27. The predicted octanol–water partition coefficient (Wildman–Crippen LogP) is 2.38. The van der Waals surface area contributed by atoms with Crippen LogP contribution in [0.5, 0.6) is 5.75 Å². The Hall–Kier alpha value is -2.08. The van der Waals surface area contributed by atoms with Gasteiger partial charge in [-0.1, -0.05) is 0 Å². The van der Waals surface area contributed by atoms with Crippen molar-refractivity contribution in [3.05, 3.63) is 28.8 Å². The van der Waals surface area contributed by atoms with E-state index in [-0.39, 0.29) is 18.4 Å². The minimum absolute atomic E-state index is 0.0475. The van der Waals surface area contributed by atoms with Gasteiger partial charge in [0.15, 0.2) is 6.61 Å². The van der Waals surface area contributed by atoms with Crippen LogP contribution in [0.2, 0.25) is 0 Å². The van der Waals surface area contributed by atoms with E-state index in [2.05, 4.69) is 5.32 Å². The van der Waals surface area contributed by atoms with Crippen LogP contribution in [0.4, 0.5) is 0 Å². The molecular formula is C22H33N3O3. The quantitative estimate of drug-likeness (QED) is 0.814. The molecule has 28 heavy (non-hydrogen) atoms. The second-order valence-corrected chi connectivity index (χ2v) is 8.13. The molecule has 1 aromatic carbocycles. The smallest absolute Gasteiger partial charge is 0.260 e. The lowest BCUT2D eigenvalue weighted by molar-refractivity contribution is -0.134. The molecule has 3 rings (SSSR count). The van der Waals surface area contributed by atoms with Gasteiger partial charge in [0.05, 0.1) is 0 Å². The first kappa shape index (κ1) is 20.6. The SMILES string of the molecule is CNCC1CCN(C(=O)c2cc(C)c(OCC(=O)N3CCCCC3)c(C)c2)C1. The highest BCUT2D eigenvalue weighted by Crippen LogP contribution is 2.27. The van der Waals surface area contributed by atoms with Crippen molar-refractivity contribution in [2.24, 2.45) is 5.92 Å². The first-order valence-corrected chi connectivity index (χ1v) is 10.4. The molecule has 0 bridgehead atoms. The van der Waals surface area contributed by atoms with E-state index >= 15 is 0 Å². The number of amides is 2. The summed E-state index contributed by atoms with van der Waals surface area (Å²) in [6.07, 6.45) is 4.40. The van der Waals surface area contributed by atoms with Gasteiger partial charge < -0.3 is 19.9 Å². The van der Waals surface area contributed by atoms with Crippen LogP contribution in [0, 0.1) is 19.8 Å². The monoisotopic (exact) mass is 387 g/mol. The van der Waals surface area contributed by atoms with Crippen LogP contribution in [-0.2, 0) is 4.79 Å². The first-order chi connectivity index (χ1) is 13.5. The standard InChI is InChI=1S/C22H33N3O3/c1-16-11-19(22(27)25-10-7-18(14-25)13-23-3)12-17(2)21(16)28-15-20(26)24-8-5-4-6-9-24/h11-12,18,23H,4-10,13-15H2,1-3H3. The summed E-state index contributed by atoms with van der Waals surface area (Å²) in [7, 11) is 1.95. The number of rotatable bonds is 6. The Bertz CT molecular complexity index is 690. The van der Waals surface area contributed by atoms with E-state index in [1.165, 1.54) is 6.42 Å². The third-order valence-corrected chi connectivity index (χ3v) is 5.82. The Balaban J connectivity index is 1.62. The van der Waals surface area contributed by atoms with Crippen LogP contribution in [0.15, 0.2) is 12.1 Å². The van der Waals surface area contributed by atoms with Gasteiger partial charge >= 0.3 is 0 Å². The van der Waals surface area contributed by atoms with Gasteiger partial charge in [0.2, 0.25) is 0 Å². The zero-order valence-corrected chi connectivity index (χ0v) is 17.4. The van der Waals surface area contributed by atoms with Gasteiger partial charge in [-0.05, 0) is 82.3 Å². The summed E-state index contributed by atoms with van der Waals surface area (Å²) in [6.45, 7) is 8.17. The molecule has 0 saturated carbocycles. The van der Waals surface area contributed by atoms with Crippen molar-refractivity contribution in [1.29, 1.82) is 0 Å². The van der Waals surface area contributed by atoms with Crippen LogP contribution >= 0.6 is 0 Å². The van der Waals surface area contributed by atoms with Crippen LogP contribution in [0.1, 0.15) is 47.2 Å². The summed E-state index contributed by atoms with van der Waals surface area (Å²) in [4.78, 5) is 29.1. The highest BCUT2D eigenvalue weighted by atomic mass is 16.5. The molecule has 6 nitrogen and oxygen atoms in total. The average Bonchev–Trinajstić information content (AvgIpc) is 3.16. The van der Waals surface area contributed by atoms with E-state index in [4.69, 9.17) is 4.74 Å². The number of nitrogens with zero attached hydrogens (tertiary/aromatic N) is 2. The number of carbonyl (C=O) groups excluding carboxylic acids is 2. The Labute approximate surface area is 168 Å². The van der Waals surface area contributed by atoms with Crippen molar-refractivity contribution in [3.8, 4) is 5.75 Å². The molecule has 2 heterocycles. The number of aryl methyl sites for hydroxylation is 2. The maximum Gasteiger partial charge on any atom is 0.260 e. The Morgan fingerprint density at radius 3 is 2.39 bits per heavy atom. The Morgan fingerprint density at radius 2 is 1.75 bits per heavy atom. The van der Waals surface area contributed by atoms with Crippen molar-refractivity contribution in [3.63, 3.8) is 0 Å². The van der Waals surface area contributed by atoms with Crippen molar-refractivity contribution >= 4 is 11.8 Å². The lowest BCUT2D eigenvalue weighted by Crippen LogP contribution is -2.38. The summed E-state index contributed by atoms with van der Waals surface area (Å²) >= 11 is 0. The fourth-order valence-electron chi connectivity index (χ4n) is 4.32. The minimum Gasteiger partial charge on any atom is -0.483 e. The number of piperidine rings is 1. The third-order valence-electron chi connectivity index (χ3n) is 5.82. The van der Waals surface area contributed by atoms with Crippen LogP contribution in [-0.4, -0.2) is 68.0 Å². The molecule has 0 aromatic heterocycles. The van der Waals surface area contributed by atoms with Gasteiger partial charge in [0, 0.05) is 31.7 Å². The van der Waals surface area contributed by atoms with Gasteiger partial charge in [-0.15, -0.1) is 0 Å². The molecule has 6 heteroatoms. The number of hydrogen-bond acceptors (Lipinski definition) is 4. The van der Waals surface area contributed by atoms with E-state index < -0.39 is 0 Å². The molecule has 2 aliphatic rings. The molecule has 1 atom stereocenters. The average molecular weight is 388 g/mol. The normalized spacial score (nSPS) is 19.8. The lowest BCUT2D eigenvalue weighted by Gasteiger charge is -2.27. The van der Waals surface area contributed by atoms with Gasteiger partial charge in [0.1, 0.15) is 5.75 Å². The number of hydrogen-bond donors (Lipinski definition) is 1. The first-order valence-electron chi connectivity index (χ1n) is 10.4. The van der Waals surface area contributed by atoms with Gasteiger partial charge in [-0.2, -0.15) is 0 Å². The molecule has 2 aliphatic heterocycles. The predicted molar refractivity (Wildman–Crippen MR) is 110 cm³/mol. The molecule has 1 aromatic rings. The number of benzene rings is 1. The second-order valence-electron chi connectivity index (χ2n) is 8.13. The van der Waals surface area contributed by atoms with Crippen LogP contribution in [0.25, 0.3) is 0 Å². The zero-order valence-electron chi connectivity index (χ0n) is 17.4. The van der Waals surface area contributed by atoms with Crippen molar-refractivity contribution < 1.29 is 14.3 Å². The number of likely N-dealkylation sites (tertiary alicyclic amines) is 2. The molecule has 2 saturated heterocycles. The molecule has 0 radical (unpaired) electrons. The Morgan fingerprint density at radius 1 is 1.07 bits per heavy atom. The number of nitrogens with one attached hydrogen (secondary N) is 1. The van der Waals surface area contributed by atoms with Gasteiger partial charge in [-0.25, -0.2) is 0 Å². The topological polar surface area (TPSA) is 61.9 Å².